The maximum atomic E-state index is 12.8. The van der Waals surface area contributed by atoms with Gasteiger partial charge in [-0.1, -0.05) is 89.9 Å². The fraction of sp³-hybridized carbons (Fsp3) is 0.872. The maximum Gasteiger partial charge on any atom is 0.331 e. The number of amides is 1. The molecular formula is C39H69NO10. The molecule has 11 heteroatoms. The zero-order valence-corrected chi connectivity index (χ0v) is 32.4. The lowest BCUT2D eigenvalue weighted by Crippen LogP contribution is -2.50. The Bertz CT molecular complexity index is 1030. The van der Waals surface area contributed by atoms with E-state index in [1.54, 1.807) is 41.5 Å². The lowest BCUT2D eigenvalue weighted by molar-refractivity contribution is -0.160. The zero-order valence-electron chi connectivity index (χ0n) is 32.4. The van der Waals surface area contributed by atoms with E-state index in [-0.39, 0.29) is 12.8 Å². The van der Waals surface area contributed by atoms with Crippen LogP contribution in [0, 0.1) is 23.7 Å². The lowest BCUT2D eigenvalue weighted by atomic mass is 9.84. The second kappa shape index (κ2) is 23.0. The highest BCUT2D eigenvalue weighted by molar-refractivity contribution is 5.88. The van der Waals surface area contributed by atoms with Gasteiger partial charge in [-0.15, -0.1) is 0 Å². The van der Waals surface area contributed by atoms with E-state index in [9.17, 15) is 34.2 Å². The number of carbonyl (C=O) groups excluding carboxylic acids is 4. The van der Waals surface area contributed by atoms with Crippen molar-refractivity contribution in [1.82, 2.24) is 5.32 Å². The summed E-state index contributed by atoms with van der Waals surface area (Å²) in [7, 11) is 1.20. The summed E-state index contributed by atoms with van der Waals surface area (Å²) in [5.74, 6) is -2.66. The molecule has 2 saturated carbocycles. The molecule has 4 atom stereocenters. The molecule has 0 aromatic carbocycles. The van der Waals surface area contributed by atoms with Crippen LogP contribution in [0.25, 0.3) is 0 Å². The van der Waals surface area contributed by atoms with E-state index in [0.717, 1.165) is 31.6 Å². The highest BCUT2D eigenvalue weighted by atomic mass is 16.6. The number of aliphatic hydroxyl groups excluding tert-OH is 1. The Kier molecular flexibility index (Phi) is 20.8. The van der Waals surface area contributed by atoms with E-state index in [1.165, 1.54) is 78.2 Å². The molecule has 2 aliphatic rings. The maximum absolute atomic E-state index is 12.8. The molecule has 0 aromatic rings. The SMILES string of the molecule is CC(C)(C)OC(=O)C[C@@H](CCCC1CCCCC1)C(=O)O.COC(=O)C(NC(=O)[C@H](CCCC1CCCCC1)CC(=O)OC(C)(C)C)C(C)O. The summed E-state index contributed by atoms with van der Waals surface area (Å²) in [4.78, 5) is 60.0. The molecule has 0 aromatic heterocycles. The minimum absolute atomic E-state index is 0.0166. The third-order valence-electron chi connectivity index (χ3n) is 9.40. The zero-order chi connectivity index (χ0) is 37.9. The normalized spacial score (nSPS) is 18.3. The number of methoxy groups -OCH3 is 1. The van der Waals surface area contributed by atoms with E-state index < -0.39 is 65.0 Å². The fourth-order valence-corrected chi connectivity index (χ4v) is 6.84. The minimum atomic E-state index is -1.16. The van der Waals surface area contributed by atoms with Gasteiger partial charge in [0.15, 0.2) is 6.04 Å². The lowest BCUT2D eigenvalue weighted by Gasteiger charge is -2.25. The molecule has 0 saturated heterocycles. The third-order valence-corrected chi connectivity index (χ3v) is 9.40. The van der Waals surface area contributed by atoms with Crippen molar-refractivity contribution in [2.75, 3.05) is 7.11 Å². The second-order valence-corrected chi connectivity index (χ2v) is 16.4. The van der Waals surface area contributed by atoms with Gasteiger partial charge in [0, 0.05) is 5.92 Å². The Labute approximate surface area is 301 Å². The predicted molar refractivity (Wildman–Crippen MR) is 192 cm³/mol. The molecule has 11 nitrogen and oxygen atoms in total. The Hall–Kier alpha value is -2.69. The minimum Gasteiger partial charge on any atom is -0.481 e. The van der Waals surface area contributed by atoms with Gasteiger partial charge in [0.1, 0.15) is 11.2 Å². The van der Waals surface area contributed by atoms with Crippen molar-refractivity contribution in [3.8, 4) is 0 Å². The van der Waals surface area contributed by atoms with Gasteiger partial charge >= 0.3 is 23.9 Å². The van der Waals surface area contributed by atoms with Gasteiger partial charge in [-0.25, -0.2) is 4.79 Å². The Morgan fingerprint density at radius 3 is 1.46 bits per heavy atom. The topological polar surface area (TPSA) is 166 Å². The van der Waals surface area contributed by atoms with Crippen LogP contribution in [0.15, 0.2) is 0 Å². The summed E-state index contributed by atoms with van der Waals surface area (Å²) in [6.07, 6.45) is 16.6. The Balaban J connectivity index is 0.000000526. The number of hydrogen-bond donors (Lipinski definition) is 3. The first-order valence-electron chi connectivity index (χ1n) is 19.0. The van der Waals surface area contributed by atoms with Crippen LogP contribution < -0.4 is 5.32 Å². The highest BCUT2D eigenvalue weighted by Gasteiger charge is 2.32. The van der Waals surface area contributed by atoms with Gasteiger partial charge in [0.05, 0.1) is 32.0 Å². The standard InChI is InChI=1S/C22H39NO6.C17H30O4/c1-15(24)19(21(27)28-5)23-20(26)17(14-18(25)29-22(2,3)4)13-9-12-16-10-7-6-8-11-16;1-17(2,3)21-15(18)12-14(16(19)20)11-7-10-13-8-5-4-6-9-13/h15-17,19,24H,6-14H2,1-5H3,(H,23,26);13-14H,4-12H2,1-3H3,(H,19,20)/t15?,17-,19?;14-/m11/s1. The molecule has 2 rings (SSSR count). The molecule has 290 valence electrons. The van der Waals surface area contributed by atoms with E-state index >= 15 is 0 Å². The van der Waals surface area contributed by atoms with Crippen LogP contribution >= 0.6 is 0 Å². The first-order valence-corrected chi connectivity index (χ1v) is 19.0. The number of rotatable bonds is 17. The van der Waals surface area contributed by atoms with Crippen LogP contribution in [0.1, 0.15) is 164 Å². The van der Waals surface area contributed by atoms with Crippen LogP contribution in [0.4, 0.5) is 0 Å². The van der Waals surface area contributed by atoms with E-state index in [0.29, 0.717) is 18.8 Å². The number of nitrogens with one attached hydrogen (secondary N) is 1. The molecular weight excluding hydrogens is 642 g/mol. The molecule has 2 aliphatic carbocycles. The fourth-order valence-electron chi connectivity index (χ4n) is 6.84. The van der Waals surface area contributed by atoms with Crippen LogP contribution in [-0.4, -0.2) is 70.5 Å². The predicted octanol–water partition coefficient (Wildman–Crippen LogP) is 7.29. The Morgan fingerprint density at radius 1 is 0.700 bits per heavy atom. The molecule has 2 fully saturated rings. The molecule has 3 N–H and O–H groups in total. The van der Waals surface area contributed by atoms with Gasteiger partial charge in [0.25, 0.3) is 0 Å². The average molecular weight is 712 g/mol. The van der Waals surface area contributed by atoms with Crippen LogP contribution in [0.3, 0.4) is 0 Å². The van der Waals surface area contributed by atoms with Gasteiger partial charge in [-0.05, 0) is 73.1 Å². The molecule has 2 unspecified atom stereocenters. The molecule has 1 amide bonds. The van der Waals surface area contributed by atoms with E-state index in [2.05, 4.69) is 10.1 Å². The van der Waals surface area contributed by atoms with E-state index in [1.807, 2.05) is 0 Å². The number of aliphatic carboxylic acids is 1. The van der Waals surface area contributed by atoms with E-state index in [4.69, 9.17) is 9.47 Å². The smallest absolute Gasteiger partial charge is 0.331 e. The van der Waals surface area contributed by atoms with Crippen molar-refractivity contribution in [3.63, 3.8) is 0 Å². The summed E-state index contributed by atoms with van der Waals surface area (Å²) in [5, 5.41) is 21.6. The average Bonchev–Trinajstić information content (AvgIpc) is 3.01. The van der Waals surface area contributed by atoms with Crippen LogP contribution in [-0.2, 0) is 38.2 Å². The number of carbonyl (C=O) groups is 5. The van der Waals surface area contributed by atoms with Crippen molar-refractivity contribution < 1.29 is 48.4 Å². The van der Waals surface area contributed by atoms with Gasteiger partial charge in [-0.3, -0.25) is 19.2 Å². The monoisotopic (exact) mass is 711 g/mol. The number of esters is 3. The van der Waals surface area contributed by atoms with Crippen molar-refractivity contribution in [3.05, 3.63) is 0 Å². The molecule has 50 heavy (non-hydrogen) atoms. The first-order chi connectivity index (χ1) is 23.3. The molecule has 0 radical (unpaired) electrons. The molecule has 0 spiro atoms. The highest BCUT2D eigenvalue weighted by Crippen LogP contribution is 2.30. The van der Waals surface area contributed by atoms with Gasteiger partial charge in [-0.2, -0.15) is 0 Å². The quantitative estimate of drug-likeness (QED) is 0.103. The summed E-state index contributed by atoms with van der Waals surface area (Å²) in [6, 6.07) is -1.16. The van der Waals surface area contributed by atoms with Crippen LogP contribution in [0.2, 0.25) is 0 Å². The largest absolute Gasteiger partial charge is 0.481 e. The summed E-state index contributed by atoms with van der Waals surface area (Å²) in [6.45, 7) is 12.1. The molecule has 0 heterocycles. The van der Waals surface area contributed by atoms with Crippen molar-refractivity contribution in [2.45, 2.75) is 187 Å². The van der Waals surface area contributed by atoms with Crippen molar-refractivity contribution in [2.24, 2.45) is 23.7 Å². The van der Waals surface area contributed by atoms with Gasteiger partial charge in [0.2, 0.25) is 5.91 Å². The number of hydrogen-bond acceptors (Lipinski definition) is 9. The Morgan fingerprint density at radius 2 is 1.10 bits per heavy atom. The van der Waals surface area contributed by atoms with Crippen molar-refractivity contribution in [1.29, 1.82) is 0 Å². The molecule has 0 aliphatic heterocycles. The van der Waals surface area contributed by atoms with Crippen LogP contribution in [0.5, 0.6) is 0 Å². The number of ether oxygens (including phenoxy) is 3. The number of aliphatic hydroxyl groups is 1. The molecule has 0 bridgehead atoms. The third kappa shape index (κ3) is 20.9. The summed E-state index contributed by atoms with van der Waals surface area (Å²) >= 11 is 0. The number of carboxylic acid groups (broad SMARTS) is 1. The summed E-state index contributed by atoms with van der Waals surface area (Å²) < 4.78 is 15.2. The van der Waals surface area contributed by atoms with Gasteiger partial charge < -0.3 is 29.7 Å². The summed E-state index contributed by atoms with van der Waals surface area (Å²) in [5.41, 5.74) is -1.18. The number of carboxylic acids is 1. The van der Waals surface area contributed by atoms with Crippen molar-refractivity contribution >= 4 is 29.8 Å². The first kappa shape index (κ1) is 45.3. The second-order valence-electron chi connectivity index (χ2n) is 16.4.